The van der Waals surface area contributed by atoms with E-state index in [1.54, 1.807) is 6.07 Å². The van der Waals surface area contributed by atoms with Crippen molar-refractivity contribution in [2.45, 2.75) is 11.3 Å². The fourth-order valence-electron chi connectivity index (χ4n) is 1.40. The molecule has 1 rings (SSSR count). The Bertz CT molecular complexity index is 470. The molecular weight excluding hydrogens is 242 g/mol. The molecule has 0 heterocycles. The van der Waals surface area contributed by atoms with Gasteiger partial charge in [-0.15, -0.1) is 0 Å². The summed E-state index contributed by atoms with van der Waals surface area (Å²) in [5, 5.41) is 0. The number of nitrogens with two attached hydrogens (primary N) is 1. The summed E-state index contributed by atoms with van der Waals surface area (Å²) >= 11 is 0. The molecule has 0 aromatic heterocycles. The molecule has 0 spiro atoms. The summed E-state index contributed by atoms with van der Waals surface area (Å²) in [6, 6.07) is 4.55. The third-order valence-corrected chi connectivity index (χ3v) is 4.13. The van der Waals surface area contributed by atoms with Crippen LogP contribution in [0.1, 0.15) is 6.42 Å². The lowest BCUT2D eigenvalue weighted by atomic mass is 10.3. The van der Waals surface area contributed by atoms with E-state index in [9.17, 15) is 8.42 Å². The molecule has 0 radical (unpaired) electrons. The van der Waals surface area contributed by atoms with Gasteiger partial charge < -0.3 is 15.2 Å². The molecule has 0 aliphatic carbocycles. The average Bonchev–Trinajstić information content (AvgIpc) is 2.35. The molecule has 0 atom stereocenters. The molecule has 0 fully saturated rings. The third kappa shape index (κ3) is 3.34. The highest BCUT2D eigenvalue weighted by atomic mass is 32.2. The van der Waals surface area contributed by atoms with Gasteiger partial charge in [-0.3, -0.25) is 0 Å². The van der Waals surface area contributed by atoms with Gasteiger partial charge in [0.25, 0.3) is 0 Å². The van der Waals surface area contributed by atoms with Crippen LogP contribution in [0.4, 0.5) is 0 Å². The SMILES string of the molecule is COc1ccc(S(=O)(=O)CCCN)cc1OC. The standard InChI is InChI=1S/C11H17NO4S/c1-15-10-5-4-9(8-11(10)16-2)17(13,14)7-3-6-12/h4-5,8H,3,6-7,12H2,1-2H3. The van der Waals surface area contributed by atoms with Crippen LogP contribution in [-0.2, 0) is 9.84 Å². The summed E-state index contributed by atoms with van der Waals surface area (Å²) in [5.41, 5.74) is 5.31. The van der Waals surface area contributed by atoms with Gasteiger partial charge in [0.1, 0.15) is 0 Å². The van der Waals surface area contributed by atoms with Gasteiger partial charge >= 0.3 is 0 Å². The Labute approximate surface area is 101 Å². The molecule has 17 heavy (non-hydrogen) atoms. The minimum atomic E-state index is -3.30. The van der Waals surface area contributed by atoms with E-state index in [2.05, 4.69) is 0 Å². The molecule has 0 unspecified atom stereocenters. The van der Waals surface area contributed by atoms with Crippen molar-refractivity contribution in [1.82, 2.24) is 0 Å². The number of benzene rings is 1. The predicted molar refractivity (Wildman–Crippen MR) is 65.3 cm³/mol. The van der Waals surface area contributed by atoms with E-state index in [-0.39, 0.29) is 10.6 Å². The van der Waals surface area contributed by atoms with Gasteiger partial charge in [0.15, 0.2) is 21.3 Å². The van der Waals surface area contributed by atoms with Crippen LogP contribution >= 0.6 is 0 Å². The van der Waals surface area contributed by atoms with Gasteiger partial charge in [0, 0.05) is 6.07 Å². The Hall–Kier alpha value is -1.27. The van der Waals surface area contributed by atoms with Crippen LogP contribution in [0.3, 0.4) is 0 Å². The Morgan fingerprint density at radius 2 is 1.82 bits per heavy atom. The fourth-order valence-corrected chi connectivity index (χ4v) is 2.75. The molecular formula is C11H17NO4S. The van der Waals surface area contributed by atoms with Crippen molar-refractivity contribution < 1.29 is 17.9 Å². The van der Waals surface area contributed by atoms with Crippen molar-refractivity contribution in [2.75, 3.05) is 26.5 Å². The zero-order valence-corrected chi connectivity index (χ0v) is 10.8. The van der Waals surface area contributed by atoms with Crippen molar-refractivity contribution in [3.8, 4) is 11.5 Å². The number of rotatable bonds is 6. The van der Waals surface area contributed by atoms with Crippen molar-refractivity contribution in [2.24, 2.45) is 5.73 Å². The molecule has 1 aromatic carbocycles. The summed E-state index contributed by atoms with van der Waals surface area (Å²) in [6.07, 6.45) is 0.441. The van der Waals surface area contributed by atoms with Crippen LogP contribution < -0.4 is 15.2 Å². The number of sulfone groups is 1. The smallest absolute Gasteiger partial charge is 0.178 e. The highest BCUT2D eigenvalue weighted by Gasteiger charge is 2.16. The molecule has 2 N–H and O–H groups in total. The average molecular weight is 259 g/mol. The van der Waals surface area contributed by atoms with E-state index in [0.29, 0.717) is 24.5 Å². The normalized spacial score (nSPS) is 11.2. The maximum absolute atomic E-state index is 11.9. The molecule has 5 nitrogen and oxygen atoms in total. The van der Waals surface area contributed by atoms with E-state index in [1.165, 1.54) is 26.4 Å². The number of ether oxygens (including phenoxy) is 2. The predicted octanol–water partition coefficient (Wildman–Crippen LogP) is 0.826. The Kier molecular flexibility index (Phi) is 4.77. The van der Waals surface area contributed by atoms with Crippen LogP contribution in [0.15, 0.2) is 23.1 Å². The molecule has 0 saturated heterocycles. The first-order valence-electron chi connectivity index (χ1n) is 5.20. The summed E-state index contributed by atoms with van der Waals surface area (Å²) < 4.78 is 33.9. The summed E-state index contributed by atoms with van der Waals surface area (Å²) in [7, 11) is -0.329. The van der Waals surface area contributed by atoms with Gasteiger partial charge in [0.2, 0.25) is 0 Å². The number of hydrogen-bond donors (Lipinski definition) is 1. The van der Waals surface area contributed by atoms with Crippen molar-refractivity contribution in [1.29, 1.82) is 0 Å². The summed E-state index contributed by atoms with van der Waals surface area (Å²) in [5.74, 6) is 0.950. The third-order valence-electron chi connectivity index (χ3n) is 2.33. The first kappa shape index (κ1) is 13.8. The van der Waals surface area contributed by atoms with Gasteiger partial charge in [0.05, 0.1) is 24.9 Å². The second-order valence-corrected chi connectivity index (χ2v) is 5.59. The lowest BCUT2D eigenvalue weighted by molar-refractivity contribution is 0.354. The topological polar surface area (TPSA) is 78.6 Å². The molecule has 1 aromatic rings. The van der Waals surface area contributed by atoms with Crippen molar-refractivity contribution >= 4 is 9.84 Å². The minimum Gasteiger partial charge on any atom is -0.493 e. The van der Waals surface area contributed by atoms with Crippen LogP contribution in [0.5, 0.6) is 11.5 Å². The second-order valence-electron chi connectivity index (χ2n) is 3.48. The number of methoxy groups -OCH3 is 2. The first-order chi connectivity index (χ1) is 8.05. The number of hydrogen-bond acceptors (Lipinski definition) is 5. The molecule has 0 saturated carbocycles. The summed E-state index contributed by atoms with van der Waals surface area (Å²) in [6.45, 7) is 0.354. The highest BCUT2D eigenvalue weighted by Crippen LogP contribution is 2.29. The first-order valence-corrected chi connectivity index (χ1v) is 6.85. The molecule has 6 heteroatoms. The Balaban J connectivity index is 3.07. The van der Waals surface area contributed by atoms with Crippen LogP contribution in [0.2, 0.25) is 0 Å². The van der Waals surface area contributed by atoms with E-state index in [1.807, 2.05) is 0 Å². The van der Waals surface area contributed by atoms with Crippen molar-refractivity contribution in [3.63, 3.8) is 0 Å². The Morgan fingerprint density at radius 3 is 2.35 bits per heavy atom. The van der Waals surface area contributed by atoms with Crippen LogP contribution in [-0.4, -0.2) is 34.9 Å². The van der Waals surface area contributed by atoms with Gasteiger partial charge in [-0.1, -0.05) is 0 Å². The minimum absolute atomic E-state index is 0.0407. The highest BCUT2D eigenvalue weighted by molar-refractivity contribution is 7.91. The van der Waals surface area contributed by atoms with E-state index in [0.717, 1.165) is 0 Å². The maximum Gasteiger partial charge on any atom is 0.178 e. The fraction of sp³-hybridized carbons (Fsp3) is 0.455. The van der Waals surface area contributed by atoms with Gasteiger partial charge in [-0.25, -0.2) is 8.42 Å². The molecule has 96 valence electrons. The monoisotopic (exact) mass is 259 g/mol. The Morgan fingerprint density at radius 1 is 1.18 bits per heavy atom. The largest absolute Gasteiger partial charge is 0.493 e. The van der Waals surface area contributed by atoms with Gasteiger partial charge in [-0.2, -0.15) is 0 Å². The van der Waals surface area contributed by atoms with Gasteiger partial charge in [-0.05, 0) is 25.1 Å². The van der Waals surface area contributed by atoms with E-state index in [4.69, 9.17) is 15.2 Å². The molecule has 0 amide bonds. The lowest BCUT2D eigenvalue weighted by Gasteiger charge is -2.09. The zero-order chi connectivity index (χ0) is 12.9. The zero-order valence-electron chi connectivity index (χ0n) is 9.97. The molecule has 0 bridgehead atoms. The van der Waals surface area contributed by atoms with E-state index >= 15 is 0 Å². The van der Waals surface area contributed by atoms with Crippen LogP contribution in [0.25, 0.3) is 0 Å². The van der Waals surface area contributed by atoms with Crippen LogP contribution in [0, 0.1) is 0 Å². The molecule has 0 aliphatic heterocycles. The van der Waals surface area contributed by atoms with Crippen molar-refractivity contribution in [3.05, 3.63) is 18.2 Å². The lowest BCUT2D eigenvalue weighted by Crippen LogP contribution is -2.11. The second kappa shape index (κ2) is 5.88. The van der Waals surface area contributed by atoms with E-state index < -0.39 is 9.84 Å². The quantitative estimate of drug-likeness (QED) is 0.818. The summed E-state index contributed by atoms with van der Waals surface area (Å²) in [4.78, 5) is 0.226. The molecule has 0 aliphatic rings. The maximum atomic E-state index is 11.9.